The van der Waals surface area contributed by atoms with Crippen molar-refractivity contribution in [3.05, 3.63) is 76.4 Å². The fraction of sp³-hybridized carbons (Fsp3) is 0.273. The maximum atomic E-state index is 13.2. The molecule has 4 rings (SSSR count). The van der Waals surface area contributed by atoms with E-state index in [2.05, 4.69) is 28.2 Å². The first kappa shape index (κ1) is 18.7. The maximum absolute atomic E-state index is 13.2. The van der Waals surface area contributed by atoms with Crippen LogP contribution in [0.15, 0.2) is 54.7 Å². The van der Waals surface area contributed by atoms with Crippen molar-refractivity contribution in [2.45, 2.75) is 12.6 Å². The van der Waals surface area contributed by atoms with Crippen molar-refractivity contribution in [2.75, 3.05) is 20.6 Å². The van der Waals surface area contributed by atoms with Gasteiger partial charge in [-0.05, 0) is 37.4 Å². The van der Waals surface area contributed by atoms with E-state index in [-0.39, 0.29) is 11.9 Å². The van der Waals surface area contributed by atoms with Gasteiger partial charge in [0.15, 0.2) is 0 Å². The van der Waals surface area contributed by atoms with Crippen LogP contribution < -0.4 is 0 Å². The van der Waals surface area contributed by atoms with Gasteiger partial charge in [-0.25, -0.2) is 0 Å². The lowest BCUT2D eigenvalue weighted by Gasteiger charge is -2.30. The average molecular weight is 395 g/mol. The predicted octanol–water partition coefficient (Wildman–Crippen LogP) is 4.00. The number of hydrogen-bond donors (Lipinski definition) is 0. The zero-order valence-corrected chi connectivity index (χ0v) is 17.0. The minimum atomic E-state index is -0.000147. The van der Waals surface area contributed by atoms with E-state index in [0.717, 1.165) is 34.5 Å². The molecule has 0 saturated carbocycles. The van der Waals surface area contributed by atoms with E-state index in [1.807, 2.05) is 56.4 Å². The molecule has 1 unspecified atom stereocenters. The summed E-state index contributed by atoms with van der Waals surface area (Å²) in [6.45, 7) is 1.36. The quantitative estimate of drug-likeness (QED) is 0.656. The summed E-state index contributed by atoms with van der Waals surface area (Å²) in [5.74, 6) is 0.0772. The summed E-state index contributed by atoms with van der Waals surface area (Å²) in [7, 11) is 5.94. The van der Waals surface area contributed by atoms with Crippen molar-refractivity contribution in [2.24, 2.45) is 7.05 Å². The van der Waals surface area contributed by atoms with Gasteiger partial charge in [0.25, 0.3) is 5.91 Å². The number of aromatic nitrogens is 2. The van der Waals surface area contributed by atoms with Crippen LogP contribution >= 0.6 is 11.6 Å². The van der Waals surface area contributed by atoms with Crippen LogP contribution in [0, 0.1) is 0 Å². The molecule has 0 fully saturated rings. The zero-order chi connectivity index (χ0) is 19.8. The fourth-order valence-electron chi connectivity index (χ4n) is 3.88. The fourth-order valence-corrected chi connectivity index (χ4v) is 4.16. The van der Waals surface area contributed by atoms with Gasteiger partial charge in [-0.1, -0.05) is 48.0 Å². The highest BCUT2D eigenvalue weighted by atomic mass is 35.5. The average Bonchev–Trinajstić information content (AvgIpc) is 3.19. The van der Waals surface area contributed by atoms with Crippen molar-refractivity contribution < 1.29 is 4.79 Å². The Balaban J connectivity index is 1.70. The number of aryl methyl sites for hydroxylation is 1. The van der Waals surface area contributed by atoms with Crippen LogP contribution in [0.4, 0.5) is 0 Å². The number of halogens is 1. The first-order chi connectivity index (χ1) is 13.5. The molecule has 28 heavy (non-hydrogen) atoms. The van der Waals surface area contributed by atoms with Crippen molar-refractivity contribution in [1.82, 2.24) is 19.6 Å². The smallest absolute Gasteiger partial charge is 0.255 e. The van der Waals surface area contributed by atoms with Crippen LogP contribution in [-0.2, 0) is 13.6 Å². The lowest BCUT2D eigenvalue weighted by Crippen LogP contribution is -2.35. The number of hydrogen-bond acceptors (Lipinski definition) is 3. The lowest BCUT2D eigenvalue weighted by molar-refractivity contribution is 0.0671. The number of fused-ring (bicyclic) bond motifs is 1. The molecule has 0 N–H and O–H groups in total. The molecule has 2 aromatic carbocycles. The Labute approximate surface area is 170 Å². The second kappa shape index (κ2) is 7.41. The zero-order valence-electron chi connectivity index (χ0n) is 16.3. The molecule has 3 aromatic rings. The third kappa shape index (κ3) is 3.32. The number of likely N-dealkylation sites (N-methyl/N-ethyl adjacent to an activating group) is 1. The number of rotatable bonds is 5. The molecule has 0 saturated heterocycles. The number of carbonyl (C=O) groups excluding carboxylic acids is 1. The van der Waals surface area contributed by atoms with Gasteiger partial charge < -0.3 is 9.80 Å². The summed E-state index contributed by atoms with van der Waals surface area (Å²) in [6.07, 6.45) is 1.64. The van der Waals surface area contributed by atoms with Gasteiger partial charge in [0.1, 0.15) is 0 Å². The van der Waals surface area contributed by atoms with Gasteiger partial charge >= 0.3 is 0 Å². The largest absolute Gasteiger partial charge is 0.326 e. The monoisotopic (exact) mass is 394 g/mol. The summed E-state index contributed by atoms with van der Waals surface area (Å²) in [5.41, 5.74) is 4.78. The second-order valence-electron chi connectivity index (χ2n) is 7.46. The van der Waals surface area contributed by atoms with Gasteiger partial charge in [-0.3, -0.25) is 9.48 Å². The van der Waals surface area contributed by atoms with Crippen molar-refractivity contribution in [1.29, 1.82) is 0 Å². The van der Waals surface area contributed by atoms with Gasteiger partial charge in [0.05, 0.1) is 23.0 Å². The van der Waals surface area contributed by atoms with Crippen LogP contribution in [-0.4, -0.2) is 46.1 Å². The Morgan fingerprint density at radius 1 is 1.18 bits per heavy atom. The second-order valence-corrected chi connectivity index (χ2v) is 7.87. The highest BCUT2D eigenvalue weighted by Crippen LogP contribution is 2.35. The van der Waals surface area contributed by atoms with E-state index in [1.54, 1.807) is 10.9 Å². The first-order valence-corrected chi connectivity index (χ1v) is 9.65. The van der Waals surface area contributed by atoms with E-state index in [0.29, 0.717) is 11.6 Å². The molecule has 0 radical (unpaired) electrons. The molecular formula is C22H23ClN4O. The SMILES string of the molecule is CN(C)CC(c1ccccc1)N1Cc2cc(-c3c(Cl)cnn3C)ccc2C1=O. The first-order valence-electron chi connectivity index (χ1n) is 9.27. The van der Waals surface area contributed by atoms with Crippen LogP contribution in [0.25, 0.3) is 11.3 Å². The summed E-state index contributed by atoms with van der Waals surface area (Å²) in [5, 5.41) is 4.83. The minimum Gasteiger partial charge on any atom is -0.326 e. The Hall–Kier alpha value is -2.63. The number of amides is 1. The van der Waals surface area contributed by atoms with Crippen LogP contribution in [0.3, 0.4) is 0 Å². The lowest BCUT2D eigenvalue weighted by atomic mass is 10.0. The normalized spacial score (nSPS) is 14.6. The van der Waals surface area contributed by atoms with Crippen molar-refractivity contribution >= 4 is 17.5 Å². The number of benzene rings is 2. The molecule has 1 atom stereocenters. The van der Waals surface area contributed by atoms with E-state index >= 15 is 0 Å². The summed E-state index contributed by atoms with van der Waals surface area (Å²) in [4.78, 5) is 17.3. The molecule has 1 aromatic heterocycles. The van der Waals surface area contributed by atoms with Crippen LogP contribution in [0.2, 0.25) is 5.02 Å². The van der Waals surface area contributed by atoms with Gasteiger partial charge in [0, 0.05) is 31.3 Å². The van der Waals surface area contributed by atoms with E-state index in [9.17, 15) is 4.79 Å². The molecule has 0 bridgehead atoms. The predicted molar refractivity (Wildman–Crippen MR) is 111 cm³/mol. The van der Waals surface area contributed by atoms with Crippen molar-refractivity contribution in [3.8, 4) is 11.3 Å². The molecule has 1 aliphatic rings. The summed E-state index contributed by atoms with van der Waals surface area (Å²) < 4.78 is 1.76. The molecule has 6 heteroatoms. The Morgan fingerprint density at radius 2 is 1.93 bits per heavy atom. The molecule has 0 spiro atoms. The Morgan fingerprint density at radius 3 is 2.57 bits per heavy atom. The minimum absolute atomic E-state index is 0.000147. The summed E-state index contributed by atoms with van der Waals surface area (Å²) >= 11 is 6.31. The highest BCUT2D eigenvalue weighted by Gasteiger charge is 2.34. The number of carbonyl (C=O) groups is 1. The number of nitrogens with zero attached hydrogens (tertiary/aromatic N) is 4. The van der Waals surface area contributed by atoms with Crippen molar-refractivity contribution in [3.63, 3.8) is 0 Å². The molecule has 144 valence electrons. The molecule has 1 aliphatic heterocycles. The topological polar surface area (TPSA) is 41.4 Å². The van der Waals surface area contributed by atoms with Crippen LogP contribution in [0.1, 0.15) is 27.5 Å². The molecule has 1 amide bonds. The third-order valence-electron chi connectivity index (χ3n) is 5.20. The standard InChI is InChI=1S/C22H23ClN4O/c1-25(2)14-20(15-7-5-4-6-8-15)27-13-17-11-16(9-10-18(17)22(27)28)21-19(23)12-24-26(21)3/h4-12,20H,13-14H2,1-3H3. The third-order valence-corrected chi connectivity index (χ3v) is 5.48. The van der Waals surface area contributed by atoms with Crippen LogP contribution in [0.5, 0.6) is 0 Å². The van der Waals surface area contributed by atoms with E-state index in [1.165, 1.54) is 0 Å². The van der Waals surface area contributed by atoms with Gasteiger partial charge in [0.2, 0.25) is 0 Å². The Kier molecular flexibility index (Phi) is 4.96. The van der Waals surface area contributed by atoms with Gasteiger partial charge in [-0.15, -0.1) is 0 Å². The highest BCUT2D eigenvalue weighted by molar-refractivity contribution is 6.33. The Bertz CT molecular complexity index is 993. The van der Waals surface area contributed by atoms with E-state index < -0.39 is 0 Å². The molecule has 0 aliphatic carbocycles. The molecule has 5 nitrogen and oxygen atoms in total. The molecular weight excluding hydrogens is 372 g/mol. The molecule has 2 heterocycles. The maximum Gasteiger partial charge on any atom is 0.255 e. The van der Waals surface area contributed by atoms with Gasteiger partial charge in [-0.2, -0.15) is 5.10 Å². The summed E-state index contributed by atoms with van der Waals surface area (Å²) in [6, 6.07) is 16.1. The van der Waals surface area contributed by atoms with E-state index in [4.69, 9.17) is 11.6 Å².